The SMILES string of the molecule is CCCC(C)COc1ccc(Br)cc1CC(N)CC. The summed E-state index contributed by atoms with van der Waals surface area (Å²) in [5, 5.41) is 0. The smallest absolute Gasteiger partial charge is 0.122 e. The van der Waals surface area contributed by atoms with E-state index in [1.807, 2.05) is 12.1 Å². The number of hydrogen-bond acceptors (Lipinski definition) is 2. The lowest BCUT2D eigenvalue weighted by Gasteiger charge is -2.17. The topological polar surface area (TPSA) is 35.2 Å². The molecule has 0 spiro atoms. The average Bonchev–Trinajstić information content (AvgIpc) is 2.38. The Balaban J connectivity index is 2.70. The number of hydrogen-bond donors (Lipinski definition) is 1. The Morgan fingerprint density at radius 2 is 2.05 bits per heavy atom. The summed E-state index contributed by atoms with van der Waals surface area (Å²) in [5.74, 6) is 1.58. The summed E-state index contributed by atoms with van der Waals surface area (Å²) in [7, 11) is 0. The van der Waals surface area contributed by atoms with Gasteiger partial charge in [-0.1, -0.05) is 43.1 Å². The Kier molecular flexibility index (Phi) is 7.47. The molecule has 0 saturated heterocycles. The van der Waals surface area contributed by atoms with Gasteiger partial charge in [-0.15, -0.1) is 0 Å². The van der Waals surface area contributed by atoms with Gasteiger partial charge in [-0.3, -0.25) is 0 Å². The lowest BCUT2D eigenvalue weighted by Crippen LogP contribution is -2.22. The third kappa shape index (κ3) is 5.96. The van der Waals surface area contributed by atoms with Crippen LogP contribution < -0.4 is 10.5 Å². The fourth-order valence-electron chi connectivity index (χ4n) is 2.08. The molecular formula is C16H26BrNO. The zero-order valence-electron chi connectivity index (χ0n) is 12.3. The average molecular weight is 328 g/mol. The normalized spacial score (nSPS) is 14.2. The lowest BCUT2D eigenvalue weighted by atomic mass is 10.0. The van der Waals surface area contributed by atoms with Crippen LogP contribution in [0.2, 0.25) is 0 Å². The number of rotatable bonds is 8. The molecule has 1 rings (SSSR count). The fraction of sp³-hybridized carbons (Fsp3) is 0.625. The summed E-state index contributed by atoms with van der Waals surface area (Å²) in [5.41, 5.74) is 7.26. The summed E-state index contributed by atoms with van der Waals surface area (Å²) in [6.45, 7) is 7.35. The maximum absolute atomic E-state index is 6.06. The molecule has 0 aromatic heterocycles. The van der Waals surface area contributed by atoms with E-state index in [2.05, 4.69) is 42.8 Å². The van der Waals surface area contributed by atoms with Gasteiger partial charge < -0.3 is 10.5 Å². The fourth-order valence-corrected chi connectivity index (χ4v) is 2.49. The number of ether oxygens (including phenoxy) is 1. The van der Waals surface area contributed by atoms with Gasteiger partial charge in [0.1, 0.15) is 5.75 Å². The van der Waals surface area contributed by atoms with Gasteiger partial charge in [-0.2, -0.15) is 0 Å². The van der Waals surface area contributed by atoms with Crippen molar-refractivity contribution in [2.45, 2.75) is 52.5 Å². The Labute approximate surface area is 125 Å². The maximum atomic E-state index is 6.06. The summed E-state index contributed by atoms with van der Waals surface area (Å²) < 4.78 is 7.06. The van der Waals surface area contributed by atoms with E-state index in [1.54, 1.807) is 0 Å². The molecular weight excluding hydrogens is 302 g/mol. The van der Waals surface area contributed by atoms with Gasteiger partial charge in [0, 0.05) is 10.5 Å². The Morgan fingerprint density at radius 1 is 1.32 bits per heavy atom. The molecule has 19 heavy (non-hydrogen) atoms. The van der Waals surface area contributed by atoms with Crippen molar-refractivity contribution in [3.8, 4) is 5.75 Å². The minimum atomic E-state index is 0.199. The van der Waals surface area contributed by atoms with Crippen molar-refractivity contribution in [2.75, 3.05) is 6.61 Å². The molecule has 2 unspecified atom stereocenters. The lowest BCUT2D eigenvalue weighted by molar-refractivity contribution is 0.249. The van der Waals surface area contributed by atoms with Crippen molar-refractivity contribution in [3.63, 3.8) is 0 Å². The van der Waals surface area contributed by atoms with E-state index in [1.165, 1.54) is 18.4 Å². The van der Waals surface area contributed by atoms with Crippen LogP contribution in [0.25, 0.3) is 0 Å². The molecule has 3 heteroatoms. The first-order chi connectivity index (χ1) is 9.06. The molecule has 0 saturated carbocycles. The van der Waals surface area contributed by atoms with Crippen LogP contribution in [0.4, 0.5) is 0 Å². The number of nitrogens with two attached hydrogens (primary N) is 1. The number of benzene rings is 1. The summed E-state index contributed by atoms with van der Waals surface area (Å²) in [6.07, 6.45) is 4.27. The first kappa shape index (κ1) is 16.5. The van der Waals surface area contributed by atoms with Crippen LogP contribution in [0.5, 0.6) is 5.75 Å². The van der Waals surface area contributed by atoms with Crippen LogP contribution in [0, 0.1) is 5.92 Å². The molecule has 2 nitrogen and oxygen atoms in total. The Hall–Kier alpha value is -0.540. The molecule has 0 bridgehead atoms. The van der Waals surface area contributed by atoms with Gasteiger partial charge in [0.15, 0.2) is 0 Å². The zero-order valence-corrected chi connectivity index (χ0v) is 13.9. The molecule has 0 heterocycles. The van der Waals surface area contributed by atoms with Gasteiger partial charge in [0.2, 0.25) is 0 Å². The van der Waals surface area contributed by atoms with Crippen LogP contribution >= 0.6 is 15.9 Å². The summed E-state index contributed by atoms with van der Waals surface area (Å²) >= 11 is 3.52. The molecule has 0 fully saturated rings. The Morgan fingerprint density at radius 3 is 2.68 bits per heavy atom. The van der Waals surface area contributed by atoms with Crippen LogP contribution in [0.15, 0.2) is 22.7 Å². The van der Waals surface area contributed by atoms with Gasteiger partial charge in [-0.05, 0) is 48.9 Å². The molecule has 0 amide bonds. The predicted octanol–water partition coefficient (Wildman–Crippen LogP) is 4.54. The van der Waals surface area contributed by atoms with E-state index in [0.717, 1.165) is 29.7 Å². The van der Waals surface area contributed by atoms with E-state index in [4.69, 9.17) is 10.5 Å². The van der Waals surface area contributed by atoms with Gasteiger partial charge >= 0.3 is 0 Å². The molecule has 0 radical (unpaired) electrons. The molecule has 2 atom stereocenters. The van der Waals surface area contributed by atoms with Crippen LogP contribution in [-0.2, 0) is 6.42 Å². The molecule has 1 aromatic rings. The third-order valence-corrected chi connectivity index (χ3v) is 3.83. The molecule has 0 aliphatic carbocycles. The van der Waals surface area contributed by atoms with E-state index >= 15 is 0 Å². The highest BCUT2D eigenvalue weighted by molar-refractivity contribution is 9.10. The monoisotopic (exact) mass is 327 g/mol. The van der Waals surface area contributed by atoms with Gasteiger partial charge in [0.25, 0.3) is 0 Å². The molecule has 108 valence electrons. The van der Waals surface area contributed by atoms with Crippen LogP contribution in [0.3, 0.4) is 0 Å². The highest BCUT2D eigenvalue weighted by Gasteiger charge is 2.10. The van der Waals surface area contributed by atoms with E-state index < -0.39 is 0 Å². The highest BCUT2D eigenvalue weighted by Crippen LogP contribution is 2.25. The summed E-state index contributed by atoms with van der Waals surface area (Å²) in [6, 6.07) is 6.39. The van der Waals surface area contributed by atoms with Crippen molar-refractivity contribution in [2.24, 2.45) is 11.7 Å². The molecule has 0 aliphatic rings. The van der Waals surface area contributed by atoms with E-state index in [9.17, 15) is 0 Å². The quantitative estimate of drug-likeness (QED) is 0.760. The predicted molar refractivity (Wildman–Crippen MR) is 85.7 cm³/mol. The van der Waals surface area contributed by atoms with Crippen LogP contribution in [0.1, 0.15) is 45.6 Å². The van der Waals surface area contributed by atoms with Crippen molar-refractivity contribution in [1.82, 2.24) is 0 Å². The second kappa shape index (κ2) is 8.60. The minimum absolute atomic E-state index is 0.199. The second-order valence-corrected chi connectivity index (χ2v) is 6.25. The second-order valence-electron chi connectivity index (χ2n) is 5.33. The molecule has 2 N–H and O–H groups in total. The van der Waals surface area contributed by atoms with Crippen molar-refractivity contribution in [3.05, 3.63) is 28.2 Å². The first-order valence-electron chi connectivity index (χ1n) is 7.23. The Bertz CT molecular complexity index is 381. The maximum Gasteiger partial charge on any atom is 0.122 e. The standard InChI is InChI=1S/C16H26BrNO/c1-4-6-12(3)11-19-16-8-7-14(17)9-13(16)10-15(18)5-2/h7-9,12,15H,4-6,10-11,18H2,1-3H3. The molecule has 1 aromatic carbocycles. The zero-order chi connectivity index (χ0) is 14.3. The largest absolute Gasteiger partial charge is 0.493 e. The number of halogens is 1. The van der Waals surface area contributed by atoms with E-state index in [0.29, 0.717) is 5.92 Å². The van der Waals surface area contributed by atoms with Crippen LogP contribution in [-0.4, -0.2) is 12.6 Å². The van der Waals surface area contributed by atoms with Gasteiger partial charge in [-0.25, -0.2) is 0 Å². The van der Waals surface area contributed by atoms with E-state index in [-0.39, 0.29) is 6.04 Å². The third-order valence-electron chi connectivity index (χ3n) is 3.33. The van der Waals surface area contributed by atoms with Crippen molar-refractivity contribution >= 4 is 15.9 Å². The summed E-state index contributed by atoms with van der Waals surface area (Å²) in [4.78, 5) is 0. The first-order valence-corrected chi connectivity index (χ1v) is 8.02. The van der Waals surface area contributed by atoms with Gasteiger partial charge in [0.05, 0.1) is 6.61 Å². The molecule has 0 aliphatic heterocycles. The van der Waals surface area contributed by atoms with Crippen molar-refractivity contribution < 1.29 is 4.74 Å². The highest BCUT2D eigenvalue weighted by atomic mass is 79.9. The van der Waals surface area contributed by atoms with Crippen molar-refractivity contribution in [1.29, 1.82) is 0 Å². The minimum Gasteiger partial charge on any atom is -0.493 e.